The van der Waals surface area contributed by atoms with Gasteiger partial charge < -0.3 is 44.6 Å². The fourth-order valence-corrected chi connectivity index (χ4v) is 10.1. The number of H-pyrrole nitrogens is 2. The van der Waals surface area contributed by atoms with Crippen LogP contribution in [0.4, 0.5) is 9.59 Å². The Hall–Kier alpha value is -6.22. The van der Waals surface area contributed by atoms with Gasteiger partial charge in [0, 0.05) is 35.9 Å². The molecule has 0 aliphatic carbocycles. The second kappa shape index (κ2) is 16.8. The first-order valence-electron chi connectivity index (χ1n) is 22.1. The van der Waals surface area contributed by atoms with E-state index in [0.717, 1.165) is 98.7 Å². The lowest BCUT2D eigenvalue weighted by Crippen LogP contribution is -2.51. The molecule has 330 valence electrons. The molecule has 4 N–H and O–H groups in total. The number of imidazole rings is 2. The number of carbonyl (C=O) groups is 4. The number of nitrogens with one attached hydrogen (secondary N) is 4. The molecule has 2 aromatic heterocycles. The van der Waals surface area contributed by atoms with E-state index >= 15 is 0 Å². The second-order valence-electron chi connectivity index (χ2n) is 18.3. The summed E-state index contributed by atoms with van der Waals surface area (Å²) in [6.07, 6.45) is 2.96. The summed E-state index contributed by atoms with van der Waals surface area (Å²) in [4.78, 5) is 73.6. The lowest BCUT2D eigenvalue weighted by atomic mass is 9.80. The summed E-state index contributed by atoms with van der Waals surface area (Å²) in [5, 5.41) is 9.60. The maximum absolute atomic E-state index is 14.3. The van der Waals surface area contributed by atoms with Crippen LogP contribution in [0.25, 0.3) is 54.7 Å². The molecule has 15 heteroatoms. The van der Waals surface area contributed by atoms with Gasteiger partial charge in [-0.05, 0) is 90.1 Å². The third-order valence-corrected chi connectivity index (χ3v) is 13.5. The Kier molecular flexibility index (Phi) is 11.2. The number of aromatic amines is 2. The van der Waals surface area contributed by atoms with Crippen molar-refractivity contribution in [3.63, 3.8) is 0 Å². The van der Waals surface area contributed by atoms with Gasteiger partial charge in [-0.3, -0.25) is 9.59 Å². The van der Waals surface area contributed by atoms with Crippen LogP contribution in [0.1, 0.15) is 83.5 Å². The molecule has 4 amide bonds. The monoisotopic (exact) mass is 856 g/mol. The molecule has 6 aromatic rings. The molecule has 63 heavy (non-hydrogen) atoms. The van der Waals surface area contributed by atoms with Crippen LogP contribution in [0.15, 0.2) is 60.7 Å². The highest BCUT2D eigenvalue weighted by molar-refractivity contribution is 6.07. The number of hydrogen-bond donors (Lipinski definition) is 4. The molecule has 5 atom stereocenters. The van der Waals surface area contributed by atoms with Crippen LogP contribution in [0.5, 0.6) is 0 Å². The number of likely N-dealkylation sites (tertiary alicyclic amines) is 2. The lowest BCUT2D eigenvalue weighted by Gasteiger charge is -2.33. The van der Waals surface area contributed by atoms with E-state index in [-0.39, 0.29) is 41.1 Å². The molecule has 0 unspecified atom stereocenters. The van der Waals surface area contributed by atoms with Crippen molar-refractivity contribution in [3.8, 4) is 11.1 Å². The highest BCUT2D eigenvalue weighted by atomic mass is 16.5. The van der Waals surface area contributed by atoms with E-state index in [1.807, 2.05) is 43.6 Å². The van der Waals surface area contributed by atoms with Crippen molar-refractivity contribution in [3.05, 3.63) is 72.3 Å². The SMILES string of the molecule is COC(=O)N[C@H](C(=O)N1CCC[C@H]1c1nc2c(ccc3cc(-c4ccc5c(ccc6[nH]c([C@@H]7C[C@@]8(CCCOC8)CN7C(=O)[C@@H](NC(=O)OC)C(C)C)nc65)c4)ccc32)[nH]1)C(C)C. The van der Waals surface area contributed by atoms with E-state index in [2.05, 4.69) is 75.2 Å². The van der Waals surface area contributed by atoms with Gasteiger partial charge in [0.05, 0.1) is 55.0 Å². The lowest BCUT2D eigenvalue weighted by molar-refractivity contribution is -0.136. The van der Waals surface area contributed by atoms with E-state index in [1.54, 1.807) is 0 Å². The van der Waals surface area contributed by atoms with Gasteiger partial charge in [-0.15, -0.1) is 0 Å². The van der Waals surface area contributed by atoms with Crippen molar-refractivity contribution < 1.29 is 33.4 Å². The number of aromatic nitrogens is 4. The van der Waals surface area contributed by atoms with Crippen LogP contribution in [0.2, 0.25) is 0 Å². The van der Waals surface area contributed by atoms with Crippen molar-refractivity contribution in [2.45, 2.75) is 84.0 Å². The Morgan fingerprint density at radius 2 is 1.27 bits per heavy atom. The summed E-state index contributed by atoms with van der Waals surface area (Å²) >= 11 is 0. The van der Waals surface area contributed by atoms with E-state index < -0.39 is 24.3 Å². The van der Waals surface area contributed by atoms with Gasteiger partial charge in [-0.25, -0.2) is 19.6 Å². The maximum atomic E-state index is 14.3. The number of fused-ring (bicyclic) bond motifs is 6. The molecule has 0 radical (unpaired) electrons. The summed E-state index contributed by atoms with van der Waals surface area (Å²) in [6, 6.07) is 19.1. The number of methoxy groups -OCH3 is 2. The smallest absolute Gasteiger partial charge is 0.407 e. The minimum atomic E-state index is -0.747. The molecule has 3 fully saturated rings. The average Bonchev–Trinajstić information content (AvgIpc) is 4.11. The Labute approximate surface area is 365 Å². The first-order chi connectivity index (χ1) is 30.4. The van der Waals surface area contributed by atoms with Crippen LogP contribution < -0.4 is 10.6 Å². The second-order valence-corrected chi connectivity index (χ2v) is 18.3. The highest BCUT2D eigenvalue weighted by Crippen LogP contribution is 2.48. The highest BCUT2D eigenvalue weighted by Gasteiger charge is 2.50. The molecule has 0 saturated carbocycles. The predicted octanol–water partition coefficient (Wildman–Crippen LogP) is 7.91. The fourth-order valence-electron chi connectivity index (χ4n) is 10.1. The summed E-state index contributed by atoms with van der Waals surface area (Å²) in [7, 11) is 2.60. The predicted molar refractivity (Wildman–Crippen MR) is 240 cm³/mol. The molecule has 3 aliphatic rings. The topological polar surface area (TPSA) is 184 Å². The van der Waals surface area contributed by atoms with E-state index in [4.69, 9.17) is 24.2 Å². The van der Waals surface area contributed by atoms with E-state index in [0.29, 0.717) is 26.1 Å². The number of benzene rings is 4. The average molecular weight is 857 g/mol. The van der Waals surface area contributed by atoms with E-state index in [1.165, 1.54) is 14.2 Å². The fraction of sp³-hybridized carbons (Fsp3) is 0.458. The van der Waals surface area contributed by atoms with Gasteiger partial charge in [0.15, 0.2) is 0 Å². The number of nitrogens with zero attached hydrogens (tertiary/aromatic N) is 4. The van der Waals surface area contributed by atoms with Gasteiger partial charge in [-0.2, -0.15) is 0 Å². The first-order valence-corrected chi connectivity index (χ1v) is 22.1. The van der Waals surface area contributed by atoms with Crippen molar-refractivity contribution in [1.82, 2.24) is 40.4 Å². The van der Waals surface area contributed by atoms with Crippen molar-refractivity contribution >= 4 is 67.6 Å². The van der Waals surface area contributed by atoms with Gasteiger partial charge in [0.2, 0.25) is 11.8 Å². The number of amides is 4. The molecule has 15 nitrogen and oxygen atoms in total. The summed E-state index contributed by atoms with van der Waals surface area (Å²) < 4.78 is 15.7. The largest absolute Gasteiger partial charge is 0.453 e. The third kappa shape index (κ3) is 7.80. The van der Waals surface area contributed by atoms with Gasteiger partial charge >= 0.3 is 12.2 Å². The Balaban J connectivity index is 0.994. The standard InChI is InChI=1S/C48H56N8O7/c1-26(2)38(53-46(59)61-5)44(57)55-19-7-9-36(55)42-49-34-16-12-30-21-28(10-14-32(30)40(34)51-42)29-11-15-33-31(22-29)13-17-35-41(33)52-43(50-35)37-23-48(18-8-20-63-25-48)24-56(37)45(58)39(27(3)4)54-47(60)62-6/h10-17,21-22,26-27,36-39H,7-9,18-20,23-25H2,1-6H3,(H,49,51)(H,50,52)(H,53,59)(H,54,60)/t36-,37-,38-,39-,48-/m0/s1. The van der Waals surface area contributed by atoms with Crippen LogP contribution in [0, 0.1) is 17.3 Å². The van der Waals surface area contributed by atoms with Crippen molar-refractivity contribution in [1.29, 1.82) is 0 Å². The number of alkyl carbamates (subject to hydrolysis) is 2. The molecule has 1 spiro atoms. The molecule has 5 heterocycles. The van der Waals surface area contributed by atoms with Gasteiger partial charge in [-0.1, -0.05) is 64.1 Å². The van der Waals surface area contributed by atoms with Crippen LogP contribution >= 0.6 is 0 Å². The zero-order valence-electron chi connectivity index (χ0n) is 36.7. The summed E-state index contributed by atoms with van der Waals surface area (Å²) in [5.74, 6) is 0.900. The molecule has 3 aliphatic heterocycles. The molecule has 9 rings (SSSR count). The molecule has 4 aromatic carbocycles. The summed E-state index contributed by atoms with van der Waals surface area (Å²) in [5.41, 5.74) is 5.42. The van der Waals surface area contributed by atoms with Gasteiger partial charge in [0.1, 0.15) is 23.7 Å². The minimum Gasteiger partial charge on any atom is -0.453 e. The number of ether oxygens (including phenoxy) is 3. The minimum absolute atomic E-state index is 0.117. The summed E-state index contributed by atoms with van der Waals surface area (Å²) in [6.45, 7) is 10.1. The number of hydrogen-bond acceptors (Lipinski definition) is 9. The quantitative estimate of drug-likeness (QED) is 0.112. The van der Waals surface area contributed by atoms with Crippen LogP contribution in [-0.4, -0.2) is 106 Å². The van der Waals surface area contributed by atoms with Crippen molar-refractivity contribution in [2.24, 2.45) is 17.3 Å². The Morgan fingerprint density at radius 1 is 0.730 bits per heavy atom. The first kappa shape index (κ1) is 42.1. The van der Waals surface area contributed by atoms with Crippen molar-refractivity contribution in [2.75, 3.05) is 40.5 Å². The normalized spacial score (nSPS) is 21.3. The van der Waals surface area contributed by atoms with E-state index in [9.17, 15) is 19.2 Å². The molecular weight excluding hydrogens is 801 g/mol. The van der Waals surface area contributed by atoms with Crippen LogP contribution in [-0.2, 0) is 23.8 Å². The van der Waals surface area contributed by atoms with Crippen LogP contribution in [0.3, 0.4) is 0 Å². The van der Waals surface area contributed by atoms with Gasteiger partial charge in [0.25, 0.3) is 0 Å². The third-order valence-electron chi connectivity index (χ3n) is 13.5. The number of carbonyl (C=O) groups excluding carboxylic acids is 4. The molecular formula is C48H56N8O7. The Morgan fingerprint density at radius 3 is 1.78 bits per heavy atom. The zero-order valence-corrected chi connectivity index (χ0v) is 36.7. The maximum Gasteiger partial charge on any atom is 0.407 e. The molecule has 3 saturated heterocycles. The number of rotatable bonds is 9. The molecule has 0 bridgehead atoms. The Bertz CT molecular complexity index is 2740. The zero-order chi connectivity index (χ0) is 44.2.